The second kappa shape index (κ2) is 59.6. The Morgan fingerprint density at radius 3 is 1.00 bits per heavy atom. The van der Waals surface area contributed by atoms with Crippen LogP contribution in [0.2, 0.25) is 6.32 Å². The molecule has 0 fully saturated rings. The van der Waals surface area contributed by atoms with Gasteiger partial charge in [-0.1, -0.05) is 324 Å². The molecule has 0 aliphatic carbocycles. The SMILES string of the molecule is CCCCCCCCCCB(O)O.CCCCCCCCCCc1cc(Br)ccc1N.Nc1ccc(Br)cc1I.O=[C-]OO.[Cl][Pd][Cl].[K].[K].c1ccc(P(c2ccccc2)c2ccccc2)cc1.c1ccc(P(c2ccccc2)c2ccccc2)cc1. The Kier molecular flexibility index (Phi) is 59.5. The van der Waals surface area contributed by atoms with E-state index in [4.69, 9.17) is 50.6 Å². The minimum atomic E-state index is -1.10. The van der Waals surface area contributed by atoms with E-state index in [9.17, 15) is 0 Å². The van der Waals surface area contributed by atoms with Crippen molar-refractivity contribution in [1.29, 1.82) is 0 Å². The molecule has 0 bridgehead atoms. The third-order valence-corrected chi connectivity index (χ3v) is 19.6. The van der Waals surface area contributed by atoms with Crippen LogP contribution in [0.5, 0.6) is 0 Å². The van der Waals surface area contributed by atoms with Crippen molar-refractivity contribution in [1.82, 2.24) is 0 Å². The van der Waals surface area contributed by atoms with Gasteiger partial charge >= 0.3 is 42.1 Å². The Balaban J connectivity index is 0.00000105. The van der Waals surface area contributed by atoms with Gasteiger partial charge in [-0.3, -0.25) is 0 Å². The van der Waals surface area contributed by atoms with Crippen molar-refractivity contribution in [2.24, 2.45) is 0 Å². The Hall–Kier alpha value is -0.160. The molecule has 0 aliphatic heterocycles. The zero-order chi connectivity index (χ0) is 62.0. The predicted molar refractivity (Wildman–Crippen MR) is 397 cm³/mol. The first-order valence-electron chi connectivity index (χ1n) is 28.9. The summed E-state index contributed by atoms with van der Waals surface area (Å²) in [6.45, 7) is 5.23. The molecule has 0 unspecified atom stereocenters. The van der Waals surface area contributed by atoms with Crippen LogP contribution in [0, 0.1) is 3.57 Å². The quantitative estimate of drug-likeness (QED) is 0.00561. The van der Waals surface area contributed by atoms with Crippen LogP contribution in [0.25, 0.3) is 0 Å². The zero-order valence-electron chi connectivity index (χ0n) is 51.0. The summed E-state index contributed by atoms with van der Waals surface area (Å²) in [4.78, 5) is 11.3. The van der Waals surface area contributed by atoms with Gasteiger partial charge in [0, 0.05) is 127 Å². The Morgan fingerprint density at radius 2 is 0.736 bits per heavy atom. The molecule has 18 heteroatoms. The van der Waals surface area contributed by atoms with E-state index >= 15 is 0 Å². The van der Waals surface area contributed by atoms with Gasteiger partial charge in [0.25, 0.3) is 0 Å². The minimum Gasteiger partial charge on any atom is -0.0622 e. The summed E-state index contributed by atoms with van der Waals surface area (Å²) in [5.74, 6) is 0. The number of carbonyl (C=O) groups excluding carboxylic acids is 1. The fourth-order valence-corrected chi connectivity index (χ4v) is 14.9. The van der Waals surface area contributed by atoms with E-state index in [1.807, 2.05) is 30.3 Å². The van der Waals surface area contributed by atoms with Crippen molar-refractivity contribution in [3.8, 4) is 0 Å². The molecular weight excluding hydrogens is 1550 g/mol. The molecule has 87 heavy (non-hydrogen) atoms. The van der Waals surface area contributed by atoms with Crippen LogP contribution < -0.4 is 43.3 Å². The van der Waals surface area contributed by atoms with Gasteiger partial charge in [0.2, 0.25) is 0 Å². The summed E-state index contributed by atoms with van der Waals surface area (Å²) < 4.78 is 3.29. The largest absolute Gasteiger partial charge is 0.0622 e. The minimum absolute atomic E-state index is 0. The van der Waals surface area contributed by atoms with Crippen molar-refractivity contribution in [3.63, 3.8) is 0 Å². The Labute approximate surface area is 656 Å². The average Bonchev–Trinajstić information content (AvgIpc) is 2.60. The van der Waals surface area contributed by atoms with E-state index in [1.54, 1.807) is 0 Å². The maximum atomic E-state index is 8.58. The Morgan fingerprint density at radius 1 is 0.471 bits per heavy atom. The van der Waals surface area contributed by atoms with Crippen LogP contribution in [-0.4, -0.2) is 132 Å². The second-order valence-electron chi connectivity index (χ2n) is 19.4. The number of aryl methyl sites for hydroxylation is 1. The number of hydrogen-bond acceptors (Lipinski definition) is 7. The number of halogens is 5. The fourth-order valence-electron chi connectivity index (χ4n) is 8.56. The number of rotatable bonds is 25. The summed E-state index contributed by atoms with van der Waals surface area (Å²) in [6, 6.07) is 76.6. The molecule has 0 saturated carbocycles. The van der Waals surface area contributed by atoms with Crippen molar-refractivity contribution >= 4 is 249 Å². The topological polar surface area (TPSA) is 139 Å². The van der Waals surface area contributed by atoms with Crippen molar-refractivity contribution in [2.45, 2.75) is 129 Å². The summed E-state index contributed by atoms with van der Waals surface area (Å²) in [5.41, 5.74) is 14.6. The maximum Gasteiger partial charge on any atom is 0 e. The molecule has 2 radical (unpaired) electrons. The van der Waals surface area contributed by atoms with Gasteiger partial charge < -0.3 is 31.2 Å². The number of benzene rings is 8. The molecule has 8 aromatic carbocycles. The van der Waals surface area contributed by atoms with Gasteiger partial charge in [-0.15, -0.1) is 0 Å². The first-order chi connectivity index (χ1) is 41.4. The second-order valence-corrected chi connectivity index (χ2v) is 29.2. The molecule has 0 atom stereocenters. The molecule has 8 rings (SSSR count). The number of hydrogen-bond donors (Lipinski definition) is 5. The van der Waals surface area contributed by atoms with Crippen molar-refractivity contribution < 1.29 is 40.9 Å². The van der Waals surface area contributed by atoms with Gasteiger partial charge in [0.1, 0.15) is 0 Å². The van der Waals surface area contributed by atoms with E-state index in [-0.39, 0.29) is 119 Å². The van der Waals surface area contributed by atoms with Gasteiger partial charge in [0.15, 0.2) is 0 Å². The zero-order valence-corrected chi connectivity index (χ0v) is 67.4. The van der Waals surface area contributed by atoms with Crippen LogP contribution in [0.15, 0.2) is 227 Å². The normalized spacial score (nSPS) is 9.89. The molecule has 7 nitrogen and oxygen atoms in total. The van der Waals surface area contributed by atoms with E-state index < -0.39 is 23.0 Å². The first kappa shape index (κ1) is 86.8. The van der Waals surface area contributed by atoms with Gasteiger partial charge in [-0.2, -0.15) is 0 Å². The molecule has 7 N–H and O–H groups in total. The Bertz CT molecular complexity index is 2550. The number of nitrogens with two attached hydrogens (primary N) is 2. The van der Waals surface area contributed by atoms with Crippen molar-refractivity contribution in [3.05, 3.63) is 236 Å². The van der Waals surface area contributed by atoms with Crippen LogP contribution in [0.1, 0.15) is 122 Å². The molecule has 0 heterocycles. The molecular formula is C69H85BBr2Cl2IK2N2O5P2Pd-. The molecule has 0 aliphatic rings. The van der Waals surface area contributed by atoms with Crippen LogP contribution in [-0.2, 0) is 32.0 Å². The van der Waals surface area contributed by atoms with Gasteiger partial charge in [-0.05, 0) is 138 Å². The molecule has 462 valence electrons. The van der Waals surface area contributed by atoms with E-state index in [2.05, 4.69) is 261 Å². The standard InChI is InChI=1S/2C18H15P.C16H26BrN.C10H23BO2.C6H5BrIN.CHO3.2ClH.2K.Pd/c2*1-4-10-16(11-5-1)19(17-12-6-2-7-13-17)18-14-8-3-9-15-18;1-2-3-4-5-6-7-8-9-10-14-13-15(17)11-12-16(14)18;1-2-3-4-5-6-7-8-9-10-11(12)13;7-4-1-2-6(9)5(8)3-4;2-1-4-3;;;;;/h2*1-15H;11-13H,2-10,18H2,1H3;12-13H,2-10H2,1H3;1-3H,9H2;3H;2*1H;;;/q;;;;;-1;;;;;+2/p-2. The molecule has 0 aromatic heterocycles. The summed E-state index contributed by atoms with van der Waals surface area (Å²) in [7, 11) is 7.64. The van der Waals surface area contributed by atoms with Crippen molar-refractivity contribution in [2.75, 3.05) is 11.5 Å². The predicted octanol–water partition coefficient (Wildman–Crippen LogP) is 18.0. The third kappa shape index (κ3) is 42.7. The van der Waals surface area contributed by atoms with Gasteiger partial charge in [0.05, 0.1) is 0 Å². The fraction of sp³-hybridized carbons (Fsp3) is 0.290. The monoisotopic (exact) mass is 1630 g/mol. The van der Waals surface area contributed by atoms with E-state index in [1.165, 1.54) is 127 Å². The summed E-state index contributed by atoms with van der Waals surface area (Å²) in [5, 5.41) is 32.5. The average molecular weight is 1640 g/mol. The van der Waals surface area contributed by atoms with Gasteiger partial charge in [-0.25, -0.2) is 5.26 Å². The number of anilines is 2. The van der Waals surface area contributed by atoms with Crippen LogP contribution in [0.4, 0.5) is 11.4 Å². The summed E-state index contributed by atoms with van der Waals surface area (Å²) in [6.07, 6.45) is 22.6. The summed E-state index contributed by atoms with van der Waals surface area (Å²) >= 11 is 8.92. The molecule has 0 spiro atoms. The maximum absolute atomic E-state index is 8.58. The number of unbranched alkanes of at least 4 members (excludes halogenated alkanes) is 14. The van der Waals surface area contributed by atoms with Crippen LogP contribution in [0.3, 0.4) is 0 Å². The first-order valence-corrected chi connectivity index (χ1v) is 38.3. The smallest absolute Gasteiger partial charge is 0 e. The molecule has 0 amide bonds. The van der Waals surface area contributed by atoms with E-state index in [0.29, 0.717) is 6.32 Å². The van der Waals surface area contributed by atoms with Crippen LogP contribution >= 0.6 is 89.4 Å². The molecule has 8 aromatic rings. The molecule has 0 saturated heterocycles. The van der Waals surface area contributed by atoms with E-state index in [0.717, 1.165) is 49.6 Å². The third-order valence-electron chi connectivity index (χ3n) is 12.8. The number of nitrogen functional groups attached to an aromatic ring is 2.